The van der Waals surface area contributed by atoms with Crippen LogP contribution in [0.5, 0.6) is 0 Å². The molecule has 0 aromatic carbocycles. The van der Waals surface area contributed by atoms with Crippen LogP contribution in [0.3, 0.4) is 0 Å². The summed E-state index contributed by atoms with van der Waals surface area (Å²) in [6.45, 7) is 0. The molecule has 0 aliphatic carbocycles. The highest BCUT2D eigenvalue weighted by molar-refractivity contribution is 8.39. The van der Waals surface area contributed by atoms with Crippen molar-refractivity contribution in [3.63, 3.8) is 0 Å². The first kappa shape index (κ1) is 26.3. The molecule has 1 aromatic heterocycles. The molecule has 0 radical (unpaired) electrons. The van der Waals surface area contributed by atoms with E-state index in [1.165, 1.54) is 39.6 Å². The molecular weight excluding hydrogens is 558 g/mol. The third-order valence-electron chi connectivity index (χ3n) is 5.16. The zero-order valence-corrected chi connectivity index (χ0v) is 21.7. The van der Waals surface area contributed by atoms with E-state index in [9.17, 15) is 29.1 Å². The van der Waals surface area contributed by atoms with Gasteiger partial charge in [0, 0.05) is 12.9 Å². The second kappa shape index (κ2) is 9.96. The minimum Gasteiger partial charge on any atom is -0.477 e. The van der Waals surface area contributed by atoms with E-state index >= 15 is 0 Å². The van der Waals surface area contributed by atoms with Crippen molar-refractivity contribution < 1.29 is 43.6 Å². The number of primary amides is 1. The van der Waals surface area contributed by atoms with Gasteiger partial charge in [-0.3, -0.25) is 19.3 Å². The van der Waals surface area contributed by atoms with Crippen LogP contribution < -0.4 is 15.7 Å². The average molecular weight is 577 g/mol. The lowest BCUT2D eigenvalue weighted by Crippen LogP contribution is -2.81. The molecule has 3 amide bonds. The van der Waals surface area contributed by atoms with E-state index < -0.39 is 50.9 Å². The summed E-state index contributed by atoms with van der Waals surface area (Å²) in [6, 6.07) is 0. The first-order valence-electron chi connectivity index (χ1n) is 9.80. The Hall–Kier alpha value is -2.74. The first-order chi connectivity index (χ1) is 17.0. The Morgan fingerprint density at radius 1 is 1.36 bits per heavy atom. The Labute approximate surface area is 219 Å². The highest BCUT2D eigenvalue weighted by Crippen LogP contribution is 2.53. The number of carbonyl (C=O) groups excluding carboxylic acids is 3. The van der Waals surface area contributed by atoms with Gasteiger partial charge in [-0.25, -0.2) is 9.59 Å². The lowest BCUT2D eigenvalue weighted by atomic mass is 9.98. The van der Waals surface area contributed by atoms with Crippen LogP contribution in [0, 0.1) is 0 Å². The van der Waals surface area contributed by atoms with Gasteiger partial charge in [0.15, 0.2) is 5.21 Å². The predicted octanol–water partition coefficient (Wildman–Crippen LogP) is -2.10. The molecule has 2 fully saturated rings. The number of aliphatic carboxylic acids is 2. The molecule has 15 nitrogen and oxygen atoms in total. The van der Waals surface area contributed by atoms with E-state index in [1.54, 1.807) is 13.4 Å². The number of carbonyl (C=O) groups is 5. The SMILES string of the molecule is CO[C@@]1(NC(=O)C2SC(=C(C(N)=O)C(=O)O)S2)C(=O)N2C(C(=O)O)=C(CSn3c[n+](C)nn3)CS[C@@H]21. The maximum absolute atomic E-state index is 13.2. The number of aromatic nitrogens is 4. The van der Waals surface area contributed by atoms with Crippen LogP contribution in [-0.2, 0) is 35.8 Å². The van der Waals surface area contributed by atoms with Gasteiger partial charge in [0.1, 0.15) is 26.4 Å². The number of thioether (sulfide) groups is 3. The number of tetrazole rings is 1. The summed E-state index contributed by atoms with van der Waals surface area (Å²) in [6.07, 6.45) is 1.60. The van der Waals surface area contributed by atoms with Crippen LogP contribution in [-0.4, -0.2) is 93.6 Å². The fourth-order valence-corrected chi connectivity index (χ4v) is 8.11. The first-order valence-corrected chi connectivity index (χ1v) is 13.5. The van der Waals surface area contributed by atoms with Gasteiger partial charge in [0.25, 0.3) is 23.9 Å². The van der Waals surface area contributed by atoms with Crippen molar-refractivity contribution in [3.05, 3.63) is 27.4 Å². The molecule has 4 rings (SSSR count). The third kappa shape index (κ3) is 4.44. The molecule has 2 saturated heterocycles. The molecule has 0 bridgehead atoms. The standard InChI is InChI=1S/C17H17N7O8S4/c1-22-5-23(21-20-22)34-4-6-3-33-16-17(32-2,15(31)24(16)8(6)12(29)30)19-10(26)14-35-13(36-14)7(9(18)25)11(27)28/h5,14,16H,3-4H2,1-2H3,(H4-,18,19,25,26,27,28,29,30)/p+1/t14?,16-,17+/m1/s1. The highest BCUT2D eigenvalue weighted by Gasteiger charge is 2.67. The molecular formula is C17H18N7O8S4+. The number of methoxy groups -OCH3 is 1. The zero-order valence-electron chi connectivity index (χ0n) is 18.4. The van der Waals surface area contributed by atoms with Gasteiger partial charge in [-0.05, 0) is 9.66 Å². The minimum absolute atomic E-state index is 0.0782. The Kier molecular flexibility index (Phi) is 7.28. The van der Waals surface area contributed by atoms with E-state index in [-0.39, 0.29) is 21.4 Å². The summed E-state index contributed by atoms with van der Waals surface area (Å²) in [4.78, 5) is 61.7. The maximum Gasteiger partial charge on any atom is 0.352 e. The Balaban J connectivity index is 1.49. The molecule has 192 valence electrons. The van der Waals surface area contributed by atoms with Gasteiger partial charge < -0.3 is 26.0 Å². The second-order valence-corrected chi connectivity index (χ2v) is 12.1. The van der Waals surface area contributed by atoms with Crippen LogP contribution in [0.25, 0.3) is 0 Å². The number of fused-ring (bicyclic) bond motifs is 1. The van der Waals surface area contributed by atoms with E-state index in [1.807, 2.05) is 0 Å². The molecule has 36 heavy (non-hydrogen) atoms. The molecule has 0 saturated carbocycles. The quantitative estimate of drug-likeness (QED) is 0.0620. The number of ether oxygens (including phenoxy) is 1. The minimum atomic E-state index is -1.80. The number of nitrogens with two attached hydrogens (primary N) is 1. The summed E-state index contributed by atoms with van der Waals surface area (Å²) >= 11 is 4.06. The van der Waals surface area contributed by atoms with E-state index in [4.69, 9.17) is 15.6 Å². The molecule has 1 aromatic rings. The van der Waals surface area contributed by atoms with Crippen molar-refractivity contribution in [2.75, 3.05) is 18.6 Å². The Morgan fingerprint density at radius 3 is 2.58 bits per heavy atom. The normalized spacial score (nSPS) is 25.0. The van der Waals surface area contributed by atoms with E-state index in [0.29, 0.717) is 5.57 Å². The smallest absolute Gasteiger partial charge is 0.352 e. The lowest BCUT2D eigenvalue weighted by Gasteiger charge is -2.56. The van der Waals surface area contributed by atoms with Crippen LogP contribution in [0.4, 0.5) is 0 Å². The van der Waals surface area contributed by atoms with Gasteiger partial charge in [0.05, 0.1) is 29.0 Å². The van der Waals surface area contributed by atoms with E-state index in [0.717, 1.165) is 28.4 Å². The lowest BCUT2D eigenvalue weighted by molar-refractivity contribution is -0.731. The van der Waals surface area contributed by atoms with Crippen LogP contribution in [0.1, 0.15) is 0 Å². The van der Waals surface area contributed by atoms with Crippen LogP contribution in [0.15, 0.2) is 27.4 Å². The summed E-state index contributed by atoms with van der Waals surface area (Å²) in [7, 11) is 2.91. The largest absolute Gasteiger partial charge is 0.477 e. The van der Waals surface area contributed by atoms with Crippen molar-refractivity contribution >= 4 is 76.9 Å². The van der Waals surface area contributed by atoms with Crippen molar-refractivity contribution in [2.45, 2.75) is 15.7 Å². The summed E-state index contributed by atoms with van der Waals surface area (Å²) in [5, 5.41) is 28.3. The van der Waals surface area contributed by atoms with Crippen molar-refractivity contribution in [1.82, 2.24) is 24.7 Å². The monoisotopic (exact) mass is 576 g/mol. The number of amides is 3. The number of carboxylic acids is 2. The molecule has 3 aliphatic heterocycles. The van der Waals surface area contributed by atoms with Crippen molar-refractivity contribution in [1.29, 1.82) is 0 Å². The molecule has 4 heterocycles. The van der Waals surface area contributed by atoms with Gasteiger partial charge >= 0.3 is 11.9 Å². The van der Waals surface area contributed by atoms with Gasteiger partial charge in [-0.1, -0.05) is 23.5 Å². The number of rotatable bonds is 9. The number of nitrogens with one attached hydrogen (secondary N) is 1. The number of hydrogen-bond acceptors (Lipinski definition) is 12. The van der Waals surface area contributed by atoms with Crippen molar-refractivity contribution in [3.8, 4) is 0 Å². The maximum atomic E-state index is 13.2. The molecule has 19 heteroatoms. The zero-order chi connectivity index (χ0) is 26.4. The molecule has 3 aliphatic rings. The summed E-state index contributed by atoms with van der Waals surface area (Å²) in [5.74, 6) is -4.85. The number of carboxylic acid groups (broad SMARTS) is 2. The fraction of sp³-hybridized carbons (Fsp3) is 0.412. The van der Waals surface area contributed by atoms with Crippen molar-refractivity contribution in [2.24, 2.45) is 12.8 Å². The topological polar surface area (TPSA) is 211 Å². The summed E-state index contributed by atoms with van der Waals surface area (Å²) < 4.78 is 7.56. The molecule has 5 N–H and O–H groups in total. The van der Waals surface area contributed by atoms with Crippen LogP contribution >= 0.6 is 47.2 Å². The third-order valence-corrected chi connectivity index (χ3v) is 10.3. The second-order valence-electron chi connectivity index (χ2n) is 7.37. The number of hydrogen-bond donors (Lipinski definition) is 4. The number of aryl methyl sites for hydroxylation is 1. The molecule has 2 atom stereocenters. The number of β-lactam (4-membered cyclic amide) rings is 1. The predicted molar refractivity (Wildman–Crippen MR) is 128 cm³/mol. The number of nitrogens with zero attached hydrogens (tertiary/aromatic N) is 5. The summed E-state index contributed by atoms with van der Waals surface area (Å²) in [5.41, 5.74) is 2.96. The van der Waals surface area contributed by atoms with Gasteiger partial charge in [-0.2, -0.15) is 0 Å². The molecule has 0 spiro atoms. The van der Waals surface area contributed by atoms with Crippen LogP contribution in [0.2, 0.25) is 0 Å². The fourth-order valence-electron chi connectivity index (χ4n) is 3.51. The Bertz CT molecular complexity index is 1230. The Morgan fingerprint density at radius 2 is 2.06 bits per heavy atom. The van der Waals surface area contributed by atoms with Gasteiger partial charge in [0.2, 0.25) is 5.91 Å². The average Bonchev–Trinajstić information content (AvgIpc) is 3.21. The van der Waals surface area contributed by atoms with Gasteiger partial charge in [-0.15, -0.1) is 16.4 Å². The molecule has 0 unspecified atom stereocenters. The highest BCUT2D eigenvalue weighted by atomic mass is 32.3. The van der Waals surface area contributed by atoms with E-state index in [2.05, 4.69) is 15.7 Å².